The minimum atomic E-state index is -4.83. The first-order valence-corrected chi connectivity index (χ1v) is 13.9. The van der Waals surface area contributed by atoms with E-state index in [-0.39, 0.29) is 33.7 Å². The van der Waals surface area contributed by atoms with E-state index in [4.69, 9.17) is 0 Å². The molecule has 0 spiro atoms. The van der Waals surface area contributed by atoms with Crippen molar-refractivity contribution in [1.29, 1.82) is 0 Å². The zero-order chi connectivity index (χ0) is 30.4. The topological polar surface area (TPSA) is 124 Å². The number of rotatable bonds is 8. The average Bonchev–Trinajstić information content (AvgIpc) is 3.48. The minimum Gasteiger partial charge on any atom is -0.454 e. The molecule has 42 heavy (non-hydrogen) atoms. The molecule has 3 fully saturated rings. The summed E-state index contributed by atoms with van der Waals surface area (Å²) in [5.41, 5.74) is -0.356. The van der Waals surface area contributed by atoms with E-state index in [0.717, 1.165) is 36.7 Å². The molecular weight excluding hydrogens is 599 g/mol. The molecule has 2 heterocycles. The number of nitrogens with one attached hydrogen (secondary N) is 1. The van der Waals surface area contributed by atoms with E-state index in [1.165, 1.54) is 6.07 Å². The zero-order valence-corrected chi connectivity index (χ0v) is 22.0. The number of ether oxygens (including phenoxy) is 1. The number of carbonyl (C=O) groups excluding carboxylic acids is 1. The molecule has 1 aromatic carbocycles. The molecule has 1 N–H and O–H groups in total. The Balaban J connectivity index is 1.37. The standard InChI is InChI=1S/C25H20F7N5O4S/c26-15-1-3-17(4-2-15)42(39,40)20-13-5-12(6-13)19(20)21(38)33-10-16-7-18(37-23(36-16)41-11-24(27,28)29)14-8-34-22(35-9-14)25(30,31)32/h1-4,7-9,12-13,19-20H,5-6,10-11H2,(H,33,38)/t12?,13?,19-,20?/m1/s1. The van der Waals surface area contributed by atoms with Gasteiger partial charge in [-0.25, -0.2) is 22.8 Å². The lowest BCUT2D eigenvalue weighted by Gasteiger charge is -2.24. The Labute approximate surface area is 233 Å². The Morgan fingerprint density at radius 1 is 0.976 bits per heavy atom. The zero-order valence-electron chi connectivity index (χ0n) is 21.2. The smallest absolute Gasteiger partial charge is 0.451 e. The monoisotopic (exact) mass is 619 g/mol. The van der Waals surface area contributed by atoms with Crippen LogP contribution >= 0.6 is 0 Å². The van der Waals surface area contributed by atoms with Gasteiger partial charge in [0.1, 0.15) is 5.82 Å². The number of hydrogen-bond donors (Lipinski definition) is 1. The lowest BCUT2D eigenvalue weighted by atomic mass is 9.82. The fourth-order valence-corrected chi connectivity index (χ4v) is 7.54. The molecule has 17 heteroatoms. The summed E-state index contributed by atoms with van der Waals surface area (Å²) < 4.78 is 121. The first kappa shape index (κ1) is 29.6. The molecule has 0 saturated heterocycles. The molecule has 2 bridgehead atoms. The Bertz CT molecular complexity index is 1580. The normalized spacial score (nSPS) is 22.0. The molecule has 0 aliphatic heterocycles. The summed E-state index contributed by atoms with van der Waals surface area (Å²) in [7, 11) is -4.00. The number of amides is 1. The molecule has 9 nitrogen and oxygen atoms in total. The Morgan fingerprint density at radius 3 is 2.21 bits per heavy atom. The molecule has 3 aromatic rings. The van der Waals surface area contributed by atoms with Crippen LogP contribution in [0, 0.1) is 23.6 Å². The van der Waals surface area contributed by atoms with E-state index < -0.39 is 70.1 Å². The van der Waals surface area contributed by atoms with Crippen LogP contribution in [-0.2, 0) is 27.4 Å². The second-order valence-corrected chi connectivity index (χ2v) is 12.0. The molecule has 1 amide bonds. The number of halogens is 7. The lowest BCUT2D eigenvalue weighted by Crippen LogP contribution is -2.39. The highest BCUT2D eigenvalue weighted by atomic mass is 32.2. The van der Waals surface area contributed by atoms with Gasteiger partial charge in [-0.15, -0.1) is 0 Å². The third-order valence-corrected chi connectivity index (χ3v) is 9.43. The summed E-state index contributed by atoms with van der Waals surface area (Å²) in [6.45, 7) is -2.16. The number of sulfone groups is 1. The molecule has 3 saturated carbocycles. The van der Waals surface area contributed by atoms with Gasteiger partial charge in [0, 0.05) is 18.0 Å². The first-order chi connectivity index (χ1) is 19.6. The van der Waals surface area contributed by atoms with Crippen molar-refractivity contribution in [1.82, 2.24) is 25.3 Å². The van der Waals surface area contributed by atoms with Crippen molar-refractivity contribution in [3.63, 3.8) is 0 Å². The van der Waals surface area contributed by atoms with Gasteiger partial charge in [0.25, 0.3) is 0 Å². The van der Waals surface area contributed by atoms with E-state index in [1.807, 2.05) is 0 Å². The predicted molar refractivity (Wildman–Crippen MR) is 129 cm³/mol. The molecule has 1 unspecified atom stereocenters. The Morgan fingerprint density at radius 2 is 1.62 bits per heavy atom. The number of hydrogen-bond acceptors (Lipinski definition) is 8. The van der Waals surface area contributed by atoms with Crippen LogP contribution in [0.1, 0.15) is 24.4 Å². The fourth-order valence-electron chi connectivity index (χ4n) is 5.25. The molecule has 0 radical (unpaired) electrons. The third-order valence-electron chi connectivity index (χ3n) is 7.11. The molecule has 2 aromatic heterocycles. The van der Waals surface area contributed by atoms with Crippen LogP contribution in [0.3, 0.4) is 0 Å². The summed E-state index contributed by atoms with van der Waals surface area (Å²) in [6.07, 6.45) is -7.03. The second-order valence-electron chi connectivity index (χ2n) is 9.92. The number of nitrogens with zero attached hydrogens (tertiary/aromatic N) is 4. The van der Waals surface area contributed by atoms with Crippen LogP contribution < -0.4 is 10.1 Å². The Kier molecular flexibility index (Phi) is 7.57. The van der Waals surface area contributed by atoms with Crippen LogP contribution in [-0.4, -0.2) is 52.3 Å². The quantitative estimate of drug-likeness (QED) is 0.295. The van der Waals surface area contributed by atoms with E-state index in [9.17, 15) is 43.9 Å². The number of fused-ring (bicyclic) bond motifs is 1. The van der Waals surface area contributed by atoms with Gasteiger partial charge in [-0.3, -0.25) is 4.79 Å². The molecule has 2 atom stereocenters. The minimum absolute atomic E-state index is 0.0753. The maximum atomic E-state index is 13.4. The molecule has 3 aliphatic carbocycles. The molecule has 224 valence electrons. The molecule has 6 rings (SSSR count). The highest BCUT2D eigenvalue weighted by molar-refractivity contribution is 7.92. The number of benzene rings is 1. The van der Waals surface area contributed by atoms with Gasteiger partial charge in [0.2, 0.25) is 11.7 Å². The van der Waals surface area contributed by atoms with Gasteiger partial charge in [-0.2, -0.15) is 36.3 Å². The van der Waals surface area contributed by atoms with Gasteiger partial charge < -0.3 is 10.1 Å². The fraction of sp³-hybridized carbons (Fsp3) is 0.400. The van der Waals surface area contributed by atoms with Gasteiger partial charge in [-0.1, -0.05) is 0 Å². The van der Waals surface area contributed by atoms with Crippen molar-refractivity contribution in [2.45, 2.75) is 41.9 Å². The maximum absolute atomic E-state index is 13.4. The number of alkyl halides is 6. The maximum Gasteiger partial charge on any atom is 0.451 e. The van der Waals surface area contributed by atoms with Crippen LogP contribution in [0.4, 0.5) is 30.7 Å². The largest absolute Gasteiger partial charge is 0.454 e. The lowest BCUT2D eigenvalue weighted by molar-refractivity contribution is -0.154. The van der Waals surface area contributed by atoms with Gasteiger partial charge in [-0.05, 0) is 55.0 Å². The summed E-state index contributed by atoms with van der Waals surface area (Å²) in [5.74, 6) is -4.12. The predicted octanol–water partition coefficient (Wildman–Crippen LogP) is 4.15. The number of carbonyl (C=O) groups is 1. The highest BCUT2D eigenvalue weighted by Crippen LogP contribution is 2.56. The summed E-state index contributed by atoms with van der Waals surface area (Å²) in [4.78, 5) is 27.2. The number of aromatic nitrogens is 4. The van der Waals surface area contributed by atoms with Gasteiger partial charge >= 0.3 is 18.4 Å². The highest BCUT2D eigenvalue weighted by Gasteiger charge is 2.60. The summed E-state index contributed by atoms with van der Waals surface area (Å²) in [6, 6.07) is 4.70. The third kappa shape index (κ3) is 6.15. The van der Waals surface area contributed by atoms with Crippen molar-refractivity contribution in [3.05, 3.63) is 60.1 Å². The SMILES string of the molecule is O=C(NCc1cc(-c2cnc(C(F)(F)F)nc2)nc(OCC(F)(F)F)n1)[C@@H]1C2CC(C2)C1S(=O)(=O)c1ccc(F)cc1. The van der Waals surface area contributed by atoms with E-state index in [1.54, 1.807) is 0 Å². The van der Waals surface area contributed by atoms with Crippen molar-refractivity contribution in [3.8, 4) is 17.3 Å². The second kappa shape index (κ2) is 10.7. The van der Waals surface area contributed by atoms with Crippen LogP contribution in [0.25, 0.3) is 11.3 Å². The first-order valence-electron chi connectivity index (χ1n) is 12.4. The summed E-state index contributed by atoms with van der Waals surface area (Å²) in [5, 5.41) is 1.50. The van der Waals surface area contributed by atoms with Crippen LogP contribution in [0.5, 0.6) is 6.01 Å². The van der Waals surface area contributed by atoms with E-state index in [0.29, 0.717) is 12.8 Å². The van der Waals surface area contributed by atoms with Crippen molar-refractivity contribution >= 4 is 15.7 Å². The van der Waals surface area contributed by atoms with Gasteiger partial charge in [0.15, 0.2) is 16.4 Å². The summed E-state index contributed by atoms with van der Waals surface area (Å²) >= 11 is 0. The van der Waals surface area contributed by atoms with Crippen molar-refractivity contribution in [2.24, 2.45) is 17.8 Å². The molecular formula is C25H20F7N5O4S. The van der Waals surface area contributed by atoms with E-state index in [2.05, 4.69) is 30.0 Å². The van der Waals surface area contributed by atoms with Crippen LogP contribution in [0.15, 0.2) is 47.6 Å². The average molecular weight is 620 g/mol. The van der Waals surface area contributed by atoms with Crippen LogP contribution in [0.2, 0.25) is 0 Å². The molecule has 3 aliphatic rings. The van der Waals surface area contributed by atoms with E-state index >= 15 is 0 Å². The van der Waals surface area contributed by atoms with Crippen molar-refractivity contribution in [2.75, 3.05) is 6.61 Å². The van der Waals surface area contributed by atoms with Gasteiger partial charge in [0.05, 0.1) is 34.0 Å². The van der Waals surface area contributed by atoms with Crippen molar-refractivity contribution < 1.29 is 48.7 Å². The Hall–Kier alpha value is -3.89.